The van der Waals surface area contributed by atoms with Gasteiger partial charge in [-0.25, -0.2) is 4.99 Å². The van der Waals surface area contributed by atoms with Crippen LogP contribution in [0.15, 0.2) is 53.5 Å². The molecule has 0 saturated heterocycles. The summed E-state index contributed by atoms with van der Waals surface area (Å²) in [6, 6.07) is 14.5. The molecule has 0 heterocycles. The molecule has 104 valence electrons. The van der Waals surface area contributed by atoms with Crippen molar-refractivity contribution in [2.24, 2.45) is 10.7 Å². The highest BCUT2D eigenvalue weighted by Gasteiger charge is 2.03. The van der Waals surface area contributed by atoms with Crippen LogP contribution in [0.4, 0.5) is 5.69 Å². The minimum Gasteiger partial charge on any atom is -0.508 e. The number of rotatable bonds is 4. The Kier molecular flexibility index (Phi) is 4.44. The Morgan fingerprint density at radius 1 is 1.25 bits per heavy atom. The van der Waals surface area contributed by atoms with E-state index in [1.54, 1.807) is 25.3 Å². The summed E-state index contributed by atoms with van der Waals surface area (Å²) >= 11 is 0. The number of nitrogens with zero attached hydrogens (tertiary/aromatic N) is 1. The lowest BCUT2D eigenvalue weighted by molar-refractivity contribution is 0.411. The molecule has 0 aromatic heterocycles. The van der Waals surface area contributed by atoms with Crippen molar-refractivity contribution in [1.29, 1.82) is 0 Å². The van der Waals surface area contributed by atoms with Gasteiger partial charge < -0.3 is 20.9 Å². The van der Waals surface area contributed by atoms with Gasteiger partial charge in [-0.1, -0.05) is 18.2 Å². The molecule has 0 bridgehead atoms. The fourth-order valence-electron chi connectivity index (χ4n) is 1.69. The number of phenolic OH excluding ortho intramolecular Hbond substituents is 1. The van der Waals surface area contributed by atoms with Crippen molar-refractivity contribution in [3.05, 3.63) is 54.1 Å². The highest BCUT2D eigenvalue weighted by molar-refractivity contribution is 5.92. The zero-order chi connectivity index (χ0) is 14.4. The van der Waals surface area contributed by atoms with Crippen LogP contribution in [0.3, 0.4) is 0 Å². The van der Waals surface area contributed by atoms with Gasteiger partial charge in [-0.3, -0.25) is 0 Å². The molecule has 0 radical (unpaired) electrons. The normalized spacial score (nSPS) is 11.2. The number of hydrogen-bond acceptors (Lipinski definition) is 3. The lowest BCUT2D eigenvalue weighted by Gasteiger charge is -2.07. The predicted molar refractivity (Wildman–Crippen MR) is 80.0 cm³/mol. The van der Waals surface area contributed by atoms with Gasteiger partial charge in [0.2, 0.25) is 0 Å². The molecule has 5 heteroatoms. The number of hydrogen-bond donors (Lipinski definition) is 3. The van der Waals surface area contributed by atoms with Crippen molar-refractivity contribution < 1.29 is 9.84 Å². The van der Waals surface area contributed by atoms with Gasteiger partial charge in [0, 0.05) is 11.3 Å². The average Bonchev–Trinajstić information content (AvgIpc) is 2.47. The molecule has 0 unspecified atom stereocenters. The summed E-state index contributed by atoms with van der Waals surface area (Å²) in [4.78, 5) is 4.19. The van der Waals surface area contributed by atoms with Gasteiger partial charge in [-0.05, 0) is 30.3 Å². The Hall–Kier alpha value is -2.69. The minimum absolute atomic E-state index is 0.169. The van der Waals surface area contributed by atoms with Crippen molar-refractivity contribution >= 4 is 11.6 Å². The first-order valence-corrected chi connectivity index (χ1v) is 6.17. The molecule has 0 fully saturated rings. The maximum absolute atomic E-state index is 9.75. The summed E-state index contributed by atoms with van der Waals surface area (Å²) in [6.45, 7) is 0.273. The van der Waals surface area contributed by atoms with Gasteiger partial charge in [-0.15, -0.1) is 0 Å². The van der Waals surface area contributed by atoms with E-state index in [-0.39, 0.29) is 12.3 Å². The Morgan fingerprint density at radius 2 is 2.00 bits per heavy atom. The van der Waals surface area contributed by atoms with Gasteiger partial charge in [0.05, 0.1) is 13.7 Å². The fourth-order valence-corrected chi connectivity index (χ4v) is 1.69. The SMILES string of the molecule is COc1ccc(O)c(CN=C(N)Nc2ccccc2)c1. The van der Waals surface area contributed by atoms with Gasteiger partial charge >= 0.3 is 0 Å². The number of anilines is 1. The van der Waals surface area contributed by atoms with Gasteiger partial charge in [0.1, 0.15) is 11.5 Å². The maximum atomic E-state index is 9.75. The molecular weight excluding hydrogens is 254 g/mol. The number of methoxy groups -OCH3 is 1. The van der Waals surface area contributed by atoms with E-state index < -0.39 is 0 Å². The number of ether oxygens (including phenoxy) is 1. The fraction of sp³-hybridized carbons (Fsp3) is 0.133. The summed E-state index contributed by atoms with van der Waals surface area (Å²) in [7, 11) is 1.57. The highest BCUT2D eigenvalue weighted by Crippen LogP contribution is 2.23. The molecule has 0 saturated carbocycles. The molecular formula is C15H17N3O2. The Balaban J connectivity index is 2.05. The summed E-state index contributed by atoms with van der Waals surface area (Å²) in [5, 5.41) is 12.7. The summed E-state index contributed by atoms with van der Waals surface area (Å²) < 4.78 is 5.11. The first kappa shape index (κ1) is 13.7. The van der Waals surface area contributed by atoms with Crippen LogP contribution in [-0.2, 0) is 6.54 Å². The van der Waals surface area contributed by atoms with E-state index >= 15 is 0 Å². The van der Waals surface area contributed by atoms with Crippen LogP contribution < -0.4 is 15.8 Å². The number of nitrogens with one attached hydrogen (secondary N) is 1. The van der Waals surface area contributed by atoms with E-state index in [0.717, 1.165) is 5.69 Å². The maximum Gasteiger partial charge on any atom is 0.193 e. The molecule has 2 aromatic carbocycles. The van der Waals surface area contributed by atoms with Crippen molar-refractivity contribution in [2.75, 3.05) is 12.4 Å². The zero-order valence-electron chi connectivity index (χ0n) is 11.2. The smallest absolute Gasteiger partial charge is 0.193 e. The molecule has 2 aromatic rings. The van der Waals surface area contributed by atoms with Crippen LogP contribution in [0.5, 0.6) is 11.5 Å². The third-order valence-corrected chi connectivity index (χ3v) is 2.75. The monoisotopic (exact) mass is 271 g/mol. The van der Waals surface area contributed by atoms with Crippen LogP contribution >= 0.6 is 0 Å². The molecule has 0 aliphatic carbocycles. The van der Waals surface area contributed by atoms with Crippen LogP contribution in [0.1, 0.15) is 5.56 Å². The van der Waals surface area contributed by atoms with E-state index in [1.165, 1.54) is 0 Å². The lowest BCUT2D eigenvalue weighted by atomic mass is 10.2. The topological polar surface area (TPSA) is 79.9 Å². The third kappa shape index (κ3) is 3.65. The molecule has 0 amide bonds. The average molecular weight is 271 g/mol. The van der Waals surface area contributed by atoms with Crippen molar-refractivity contribution in [3.63, 3.8) is 0 Å². The highest BCUT2D eigenvalue weighted by atomic mass is 16.5. The standard InChI is InChI=1S/C15H17N3O2/c1-20-13-7-8-14(19)11(9-13)10-17-15(16)18-12-5-3-2-4-6-12/h2-9,19H,10H2,1H3,(H3,16,17,18). The number of aliphatic imine (C=N–C) groups is 1. The van der Waals surface area contributed by atoms with Crippen LogP contribution in [-0.4, -0.2) is 18.2 Å². The lowest BCUT2D eigenvalue weighted by Crippen LogP contribution is -2.22. The van der Waals surface area contributed by atoms with Crippen LogP contribution in [0.25, 0.3) is 0 Å². The quantitative estimate of drug-likeness (QED) is 0.589. The largest absolute Gasteiger partial charge is 0.508 e. The van der Waals surface area contributed by atoms with Crippen molar-refractivity contribution in [2.45, 2.75) is 6.54 Å². The van der Waals surface area contributed by atoms with Gasteiger partial charge in [-0.2, -0.15) is 0 Å². The molecule has 4 N–H and O–H groups in total. The van der Waals surface area contributed by atoms with E-state index in [4.69, 9.17) is 10.5 Å². The van der Waals surface area contributed by atoms with Gasteiger partial charge in [0.25, 0.3) is 0 Å². The van der Waals surface area contributed by atoms with E-state index in [9.17, 15) is 5.11 Å². The second-order valence-electron chi connectivity index (χ2n) is 4.19. The molecule has 0 aliphatic rings. The molecule has 2 rings (SSSR count). The summed E-state index contributed by atoms with van der Waals surface area (Å²) in [6.07, 6.45) is 0. The van der Waals surface area contributed by atoms with E-state index in [0.29, 0.717) is 17.3 Å². The molecule has 5 nitrogen and oxygen atoms in total. The number of para-hydroxylation sites is 1. The zero-order valence-corrected chi connectivity index (χ0v) is 11.2. The minimum atomic E-state index is 0.169. The van der Waals surface area contributed by atoms with Crippen molar-refractivity contribution in [1.82, 2.24) is 0 Å². The third-order valence-electron chi connectivity index (χ3n) is 2.75. The number of aromatic hydroxyl groups is 1. The first-order chi connectivity index (χ1) is 9.69. The Bertz CT molecular complexity index is 597. The second-order valence-corrected chi connectivity index (χ2v) is 4.19. The number of benzene rings is 2. The number of phenols is 1. The summed E-state index contributed by atoms with van der Waals surface area (Å²) in [5.74, 6) is 1.13. The Labute approximate surface area is 117 Å². The number of guanidine groups is 1. The molecule has 20 heavy (non-hydrogen) atoms. The molecule has 0 atom stereocenters. The molecule has 0 aliphatic heterocycles. The second kappa shape index (κ2) is 6.47. The van der Waals surface area contributed by atoms with E-state index in [1.807, 2.05) is 30.3 Å². The Morgan fingerprint density at radius 3 is 2.70 bits per heavy atom. The van der Waals surface area contributed by atoms with Crippen LogP contribution in [0, 0.1) is 0 Å². The van der Waals surface area contributed by atoms with E-state index in [2.05, 4.69) is 10.3 Å². The molecule has 0 spiro atoms. The number of nitrogens with two attached hydrogens (primary N) is 1. The van der Waals surface area contributed by atoms with Crippen LogP contribution in [0.2, 0.25) is 0 Å². The van der Waals surface area contributed by atoms with Gasteiger partial charge in [0.15, 0.2) is 5.96 Å². The summed E-state index contributed by atoms with van der Waals surface area (Å²) in [5.41, 5.74) is 7.32. The first-order valence-electron chi connectivity index (χ1n) is 6.17. The van der Waals surface area contributed by atoms with Crippen molar-refractivity contribution in [3.8, 4) is 11.5 Å². The predicted octanol–water partition coefficient (Wildman–Crippen LogP) is 2.33.